The molecule has 2 amide bonds. The van der Waals surface area contributed by atoms with Gasteiger partial charge in [0.1, 0.15) is 11.6 Å². The van der Waals surface area contributed by atoms with E-state index >= 15 is 0 Å². The van der Waals surface area contributed by atoms with Gasteiger partial charge < -0.3 is 0 Å². The summed E-state index contributed by atoms with van der Waals surface area (Å²) < 4.78 is 28.8. The first-order valence-corrected chi connectivity index (χ1v) is 10.3. The van der Waals surface area contributed by atoms with Crippen molar-refractivity contribution in [3.05, 3.63) is 23.8 Å². The number of hydrogen-bond donors (Lipinski definition) is 0. The number of imide groups is 1. The van der Waals surface area contributed by atoms with Crippen molar-refractivity contribution in [3.8, 4) is 0 Å². The van der Waals surface area contributed by atoms with Crippen LogP contribution in [0.4, 0.5) is 14.5 Å². The number of amides is 2. The number of nitrogens with zero attached hydrogens (tertiary/aromatic N) is 1. The first-order chi connectivity index (χ1) is 12.9. The van der Waals surface area contributed by atoms with Gasteiger partial charge in [-0.2, -0.15) is 0 Å². The van der Waals surface area contributed by atoms with E-state index in [1.54, 1.807) is 0 Å². The van der Waals surface area contributed by atoms with Gasteiger partial charge in [-0.15, -0.1) is 0 Å². The lowest BCUT2D eigenvalue weighted by Crippen LogP contribution is -2.39. The molecule has 0 fully saturated rings. The Balaban J connectivity index is 3.34. The van der Waals surface area contributed by atoms with Gasteiger partial charge in [0.2, 0.25) is 11.8 Å². The molecule has 0 aliphatic rings. The summed E-state index contributed by atoms with van der Waals surface area (Å²) >= 11 is 0.660. The van der Waals surface area contributed by atoms with E-state index in [1.807, 2.05) is 41.5 Å². The van der Waals surface area contributed by atoms with E-state index in [4.69, 9.17) is 0 Å². The molecule has 156 valence electrons. The highest BCUT2D eigenvalue weighted by Crippen LogP contribution is 2.32. The minimum atomic E-state index is -1.01. The largest absolute Gasteiger partial charge is 0.287 e. The molecule has 1 rings (SSSR count). The molecule has 0 saturated heterocycles. The van der Waals surface area contributed by atoms with Gasteiger partial charge in [0, 0.05) is 25.3 Å². The Kier molecular flexibility index (Phi) is 9.27. The number of anilines is 1. The summed E-state index contributed by atoms with van der Waals surface area (Å²) in [5.41, 5.74) is -0.308. The van der Waals surface area contributed by atoms with Gasteiger partial charge in [0.25, 0.3) is 0 Å². The molecule has 1 aromatic rings. The van der Waals surface area contributed by atoms with Gasteiger partial charge in [-0.1, -0.05) is 41.5 Å². The number of rotatable bonds is 8. The number of thioether (sulfide) groups is 1. The highest BCUT2D eigenvalue weighted by atomic mass is 32.2. The maximum atomic E-state index is 14.5. The fourth-order valence-electron chi connectivity index (χ4n) is 2.55. The molecule has 0 bridgehead atoms. The fourth-order valence-corrected chi connectivity index (χ4v) is 3.54. The molecule has 0 saturated carbocycles. The van der Waals surface area contributed by atoms with E-state index < -0.39 is 23.4 Å². The summed E-state index contributed by atoms with van der Waals surface area (Å²) in [5.74, 6) is -2.96. The molecule has 0 aliphatic carbocycles. The Labute approximate surface area is 170 Å². The van der Waals surface area contributed by atoms with Crippen LogP contribution in [0.1, 0.15) is 60.8 Å². The Morgan fingerprint density at radius 1 is 0.821 bits per heavy atom. The maximum Gasteiger partial charge on any atom is 0.234 e. The number of hydrogen-bond acceptors (Lipinski definition) is 4. The molecule has 0 aromatic heterocycles. The highest BCUT2D eigenvalue weighted by molar-refractivity contribution is 8.13. The van der Waals surface area contributed by atoms with Crippen molar-refractivity contribution in [1.29, 1.82) is 0 Å². The average Bonchev–Trinajstić information content (AvgIpc) is 2.49. The lowest BCUT2D eigenvalue weighted by Gasteiger charge is -2.24. The lowest BCUT2D eigenvalue weighted by molar-refractivity contribution is -0.127. The predicted molar refractivity (Wildman–Crippen MR) is 108 cm³/mol. The van der Waals surface area contributed by atoms with Crippen molar-refractivity contribution in [2.45, 2.75) is 65.7 Å². The second kappa shape index (κ2) is 10.7. The molecule has 0 aliphatic heterocycles. The van der Waals surface area contributed by atoms with Crippen LogP contribution in [0.3, 0.4) is 0 Å². The monoisotopic (exact) mass is 413 g/mol. The fraction of sp³-hybridized carbons (Fsp3) is 0.571. The second-order valence-corrected chi connectivity index (χ2v) is 9.22. The van der Waals surface area contributed by atoms with Crippen LogP contribution in [0, 0.1) is 29.4 Å². The third kappa shape index (κ3) is 7.34. The summed E-state index contributed by atoms with van der Waals surface area (Å²) in [6.07, 6.45) is 0.337. The lowest BCUT2D eigenvalue weighted by atomic mass is 10.1. The standard InChI is InChI=1S/C21H29F2NO3S/c1-12(2)7-19(25)24(20(26)8-13(3)4)17-11-18(16(23)10-15(17)22)28-21(27)9-14(5)6/h10-14H,7-9H2,1-6H3. The molecule has 7 heteroatoms. The van der Waals surface area contributed by atoms with Crippen molar-refractivity contribution in [3.63, 3.8) is 0 Å². The molecule has 4 nitrogen and oxygen atoms in total. The molecule has 0 N–H and O–H groups in total. The predicted octanol–water partition coefficient (Wildman–Crippen LogP) is 5.58. The number of halogens is 2. The van der Waals surface area contributed by atoms with Crippen LogP contribution in [0.2, 0.25) is 0 Å². The highest BCUT2D eigenvalue weighted by Gasteiger charge is 2.28. The minimum Gasteiger partial charge on any atom is -0.287 e. The minimum absolute atomic E-state index is 0.0353. The van der Waals surface area contributed by atoms with Crippen LogP contribution in [-0.4, -0.2) is 16.9 Å². The topological polar surface area (TPSA) is 54.5 Å². The van der Waals surface area contributed by atoms with E-state index in [9.17, 15) is 23.2 Å². The van der Waals surface area contributed by atoms with Crippen LogP contribution in [0.5, 0.6) is 0 Å². The van der Waals surface area contributed by atoms with Crippen LogP contribution in [0.25, 0.3) is 0 Å². The SMILES string of the molecule is CC(C)CC(=O)Sc1cc(N(C(=O)CC(C)C)C(=O)CC(C)C)c(F)cc1F. The smallest absolute Gasteiger partial charge is 0.234 e. The van der Waals surface area contributed by atoms with Gasteiger partial charge >= 0.3 is 0 Å². The van der Waals surface area contributed by atoms with Gasteiger partial charge in [0.15, 0.2) is 5.12 Å². The average molecular weight is 414 g/mol. The zero-order valence-corrected chi connectivity index (χ0v) is 18.2. The van der Waals surface area contributed by atoms with Crippen molar-refractivity contribution in [1.82, 2.24) is 0 Å². The Morgan fingerprint density at radius 2 is 1.29 bits per heavy atom. The third-order valence-corrected chi connectivity index (χ3v) is 4.63. The van der Waals surface area contributed by atoms with Crippen LogP contribution in [-0.2, 0) is 14.4 Å². The molecule has 0 atom stereocenters. The van der Waals surface area contributed by atoms with E-state index in [0.29, 0.717) is 17.8 Å². The summed E-state index contributed by atoms with van der Waals surface area (Å²) in [5, 5.41) is -0.264. The number of carbonyl (C=O) groups is 3. The molecule has 0 spiro atoms. The molecule has 1 aromatic carbocycles. The molecule has 0 heterocycles. The van der Waals surface area contributed by atoms with Gasteiger partial charge in [-0.05, 0) is 35.6 Å². The molecule has 0 unspecified atom stereocenters. The van der Waals surface area contributed by atoms with Crippen LogP contribution < -0.4 is 4.90 Å². The molecular formula is C21H29F2NO3S. The van der Waals surface area contributed by atoms with Crippen LogP contribution in [0.15, 0.2) is 17.0 Å². The summed E-state index contributed by atoms with van der Waals surface area (Å²) in [4.78, 5) is 38.1. The van der Waals surface area contributed by atoms with E-state index in [-0.39, 0.29) is 52.7 Å². The first kappa shape index (κ1) is 24.3. The Bertz CT molecular complexity index is 711. The zero-order chi connectivity index (χ0) is 21.6. The van der Waals surface area contributed by atoms with E-state index in [0.717, 1.165) is 11.0 Å². The van der Waals surface area contributed by atoms with Crippen LogP contribution >= 0.6 is 11.8 Å². The van der Waals surface area contributed by atoms with Gasteiger partial charge in [0.05, 0.1) is 10.6 Å². The molecular weight excluding hydrogens is 384 g/mol. The van der Waals surface area contributed by atoms with Gasteiger partial charge in [-0.25, -0.2) is 13.7 Å². The van der Waals surface area contributed by atoms with Gasteiger partial charge in [-0.3, -0.25) is 14.4 Å². The Hall–Kier alpha value is -1.76. The summed E-state index contributed by atoms with van der Waals surface area (Å²) in [6, 6.07) is 1.71. The summed E-state index contributed by atoms with van der Waals surface area (Å²) in [7, 11) is 0. The molecule has 28 heavy (non-hydrogen) atoms. The number of carbonyl (C=O) groups excluding carboxylic acids is 3. The number of benzene rings is 1. The van der Waals surface area contributed by atoms with Crippen molar-refractivity contribution in [2.24, 2.45) is 17.8 Å². The van der Waals surface area contributed by atoms with Crippen molar-refractivity contribution >= 4 is 34.4 Å². The Morgan fingerprint density at radius 3 is 1.71 bits per heavy atom. The quantitative estimate of drug-likeness (QED) is 0.522. The first-order valence-electron chi connectivity index (χ1n) is 9.47. The third-order valence-electron chi connectivity index (χ3n) is 3.71. The van der Waals surface area contributed by atoms with Crippen molar-refractivity contribution < 1.29 is 23.2 Å². The normalized spacial score (nSPS) is 11.4. The zero-order valence-electron chi connectivity index (χ0n) is 17.3. The van der Waals surface area contributed by atoms with E-state index in [2.05, 4.69) is 0 Å². The van der Waals surface area contributed by atoms with E-state index in [1.165, 1.54) is 0 Å². The maximum absolute atomic E-state index is 14.5. The second-order valence-electron chi connectivity index (χ2n) is 8.12. The molecule has 0 radical (unpaired) electrons. The summed E-state index contributed by atoms with van der Waals surface area (Å²) in [6.45, 7) is 11.0. The van der Waals surface area contributed by atoms with Crippen molar-refractivity contribution in [2.75, 3.05) is 4.90 Å².